The molecule has 13 heavy (non-hydrogen) atoms. The highest BCUT2D eigenvalue weighted by Crippen LogP contribution is 2.00. The number of ketones is 1. The first-order chi connectivity index (χ1) is 6.16. The van der Waals surface area contributed by atoms with E-state index in [0.717, 1.165) is 38.6 Å². The number of hydrogen-bond acceptors (Lipinski definition) is 2. The predicted octanol–water partition coefficient (Wildman–Crippen LogP) is 2.52. The van der Waals surface area contributed by atoms with Crippen LogP contribution in [0.2, 0.25) is 0 Å². The van der Waals surface area contributed by atoms with Crippen molar-refractivity contribution in [3.8, 4) is 0 Å². The second-order valence-electron chi connectivity index (χ2n) is 3.85. The van der Waals surface area contributed by atoms with Crippen molar-refractivity contribution < 1.29 is 4.79 Å². The van der Waals surface area contributed by atoms with E-state index in [1.54, 1.807) is 0 Å². The van der Waals surface area contributed by atoms with Gasteiger partial charge in [0.05, 0.1) is 0 Å². The van der Waals surface area contributed by atoms with Gasteiger partial charge in [0.25, 0.3) is 0 Å². The highest BCUT2D eigenvalue weighted by Gasteiger charge is 2.00. The molecule has 2 nitrogen and oxygen atoms in total. The van der Waals surface area contributed by atoms with Gasteiger partial charge in [-0.3, -0.25) is 4.79 Å². The summed E-state index contributed by atoms with van der Waals surface area (Å²) in [5.74, 6) is 0.424. The van der Waals surface area contributed by atoms with Crippen LogP contribution in [0.5, 0.6) is 0 Å². The van der Waals surface area contributed by atoms with Gasteiger partial charge < -0.3 is 5.32 Å². The number of Topliss-reactive ketones (excluding diaryl/α,β-unsaturated/α-hetero) is 1. The van der Waals surface area contributed by atoms with Crippen molar-refractivity contribution in [3.05, 3.63) is 0 Å². The molecule has 0 atom stereocenters. The summed E-state index contributed by atoms with van der Waals surface area (Å²) in [5.41, 5.74) is 0. The van der Waals surface area contributed by atoms with Gasteiger partial charge >= 0.3 is 0 Å². The molecule has 0 unspecified atom stereocenters. The van der Waals surface area contributed by atoms with E-state index in [9.17, 15) is 4.79 Å². The SMILES string of the molecule is CCCCC(=O)CCCNC(C)C. The lowest BCUT2D eigenvalue weighted by atomic mass is 10.1. The summed E-state index contributed by atoms with van der Waals surface area (Å²) in [5, 5.41) is 3.30. The molecule has 0 bridgehead atoms. The fourth-order valence-electron chi connectivity index (χ4n) is 1.18. The van der Waals surface area contributed by atoms with Gasteiger partial charge in [-0.1, -0.05) is 27.2 Å². The molecule has 78 valence electrons. The monoisotopic (exact) mass is 185 g/mol. The summed E-state index contributed by atoms with van der Waals surface area (Å²) >= 11 is 0. The zero-order valence-electron chi connectivity index (χ0n) is 9.23. The molecule has 0 saturated carbocycles. The highest BCUT2D eigenvalue weighted by molar-refractivity contribution is 5.78. The first kappa shape index (κ1) is 12.6. The summed E-state index contributed by atoms with van der Waals surface area (Å²) < 4.78 is 0. The Hall–Kier alpha value is -0.370. The van der Waals surface area contributed by atoms with Crippen LogP contribution in [0.25, 0.3) is 0 Å². The van der Waals surface area contributed by atoms with Crippen molar-refractivity contribution >= 4 is 5.78 Å². The Morgan fingerprint density at radius 1 is 1.23 bits per heavy atom. The molecule has 0 fully saturated rings. The summed E-state index contributed by atoms with van der Waals surface area (Å²) in [4.78, 5) is 11.2. The Morgan fingerprint density at radius 3 is 2.38 bits per heavy atom. The van der Waals surface area contributed by atoms with Crippen molar-refractivity contribution in [2.75, 3.05) is 6.54 Å². The molecule has 0 saturated heterocycles. The molecule has 0 aliphatic carbocycles. The molecule has 0 amide bonds. The van der Waals surface area contributed by atoms with E-state index in [2.05, 4.69) is 26.1 Å². The maximum Gasteiger partial charge on any atom is 0.132 e. The van der Waals surface area contributed by atoms with Crippen LogP contribution in [-0.4, -0.2) is 18.4 Å². The Labute approximate surface area is 82.1 Å². The van der Waals surface area contributed by atoms with E-state index in [0.29, 0.717) is 11.8 Å². The fraction of sp³-hybridized carbons (Fsp3) is 0.909. The van der Waals surface area contributed by atoms with Crippen molar-refractivity contribution in [3.63, 3.8) is 0 Å². The number of rotatable bonds is 8. The molecule has 0 spiro atoms. The third kappa shape index (κ3) is 9.54. The lowest BCUT2D eigenvalue weighted by Crippen LogP contribution is -2.24. The average molecular weight is 185 g/mol. The quantitative estimate of drug-likeness (QED) is 0.589. The number of carbonyl (C=O) groups excluding carboxylic acids is 1. The van der Waals surface area contributed by atoms with Crippen LogP contribution in [0.4, 0.5) is 0 Å². The van der Waals surface area contributed by atoms with Gasteiger partial charge in [-0.15, -0.1) is 0 Å². The maximum absolute atomic E-state index is 11.2. The largest absolute Gasteiger partial charge is 0.315 e. The number of unbranched alkanes of at least 4 members (excludes halogenated alkanes) is 1. The molecule has 2 heteroatoms. The second kappa shape index (κ2) is 8.24. The van der Waals surface area contributed by atoms with Gasteiger partial charge in [0.2, 0.25) is 0 Å². The molecule has 0 aromatic heterocycles. The van der Waals surface area contributed by atoms with Gasteiger partial charge in [-0.05, 0) is 19.4 Å². The third-order valence-corrected chi connectivity index (χ3v) is 1.99. The first-order valence-electron chi connectivity index (χ1n) is 5.42. The predicted molar refractivity (Wildman–Crippen MR) is 56.9 cm³/mol. The number of hydrogen-bond donors (Lipinski definition) is 1. The van der Waals surface area contributed by atoms with Crippen LogP contribution in [0.15, 0.2) is 0 Å². The van der Waals surface area contributed by atoms with E-state index < -0.39 is 0 Å². The molecule has 0 aromatic rings. The molecule has 0 aromatic carbocycles. The Bertz CT molecular complexity index is 132. The van der Waals surface area contributed by atoms with Crippen molar-refractivity contribution in [2.45, 2.75) is 58.9 Å². The minimum atomic E-state index is 0.424. The maximum atomic E-state index is 11.2. The van der Waals surface area contributed by atoms with Gasteiger partial charge in [-0.2, -0.15) is 0 Å². The molecule has 1 N–H and O–H groups in total. The van der Waals surface area contributed by atoms with E-state index in [-0.39, 0.29) is 0 Å². The van der Waals surface area contributed by atoms with Gasteiger partial charge in [0.15, 0.2) is 0 Å². The van der Waals surface area contributed by atoms with Gasteiger partial charge in [0, 0.05) is 18.9 Å². The Morgan fingerprint density at radius 2 is 1.85 bits per heavy atom. The normalized spacial score (nSPS) is 10.8. The molecule has 0 radical (unpaired) electrons. The van der Waals surface area contributed by atoms with Crippen LogP contribution in [-0.2, 0) is 4.79 Å². The smallest absolute Gasteiger partial charge is 0.132 e. The minimum absolute atomic E-state index is 0.424. The van der Waals surface area contributed by atoms with Crippen LogP contribution < -0.4 is 5.32 Å². The average Bonchev–Trinajstić information content (AvgIpc) is 2.08. The van der Waals surface area contributed by atoms with Crippen LogP contribution in [0.1, 0.15) is 52.9 Å². The first-order valence-corrected chi connectivity index (χ1v) is 5.42. The topological polar surface area (TPSA) is 29.1 Å². The summed E-state index contributed by atoms with van der Waals surface area (Å²) in [6, 6.07) is 0.533. The van der Waals surface area contributed by atoms with Crippen molar-refractivity contribution in [2.24, 2.45) is 0 Å². The van der Waals surface area contributed by atoms with E-state index >= 15 is 0 Å². The Kier molecular flexibility index (Phi) is 8.00. The van der Waals surface area contributed by atoms with Crippen LogP contribution >= 0.6 is 0 Å². The van der Waals surface area contributed by atoms with Crippen molar-refractivity contribution in [1.82, 2.24) is 5.32 Å². The number of nitrogens with one attached hydrogen (secondary N) is 1. The minimum Gasteiger partial charge on any atom is -0.315 e. The summed E-state index contributed by atoms with van der Waals surface area (Å²) in [6.07, 6.45) is 4.69. The van der Waals surface area contributed by atoms with Crippen LogP contribution in [0, 0.1) is 0 Å². The molecule has 0 rings (SSSR count). The number of carbonyl (C=O) groups is 1. The third-order valence-electron chi connectivity index (χ3n) is 1.99. The summed E-state index contributed by atoms with van der Waals surface area (Å²) in [6.45, 7) is 7.33. The van der Waals surface area contributed by atoms with Crippen LogP contribution in [0.3, 0.4) is 0 Å². The fourth-order valence-corrected chi connectivity index (χ4v) is 1.18. The molecular weight excluding hydrogens is 162 g/mol. The molecule has 0 heterocycles. The second-order valence-corrected chi connectivity index (χ2v) is 3.85. The summed E-state index contributed by atoms with van der Waals surface area (Å²) in [7, 11) is 0. The lowest BCUT2D eigenvalue weighted by Gasteiger charge is -2.06. The zero-order chi connectivity index (χ0) is 10.1. The van der Waals surface area contributed by atoms with E-state index in [1.165, 1.54) is 0 Å². The van der Waals surface area contributed by atoms with E-state index in [1.807, 2.05) is 0 Å². The Balaban J connectivity index is 3.17. The highest BCUT2D eigenvalue weighted by atomic mass is 16.1. The standard InChI is InChI=1S/C11H23NO/c1-4-5-7-11(13)8-6-9-12-10(2)3/h10,12H,4-9H2,1-3H3. The molecular formula is C11H23NO. The molecule has 0 aliphatic heterocycles. The van der Waals surface area contributed by atoms with Crippen molar-refractivity contribution in [1.29, 1.82) is 0 Å². The lowest BCUT2D eigenvalue weighted by molar-refractivity contribution is -0.119. The zero-order valence-corrected chi connectivity index (χ0v) is 9.23. The van der Waals surface area contributed by atoms with E-state index in [4.69, 9.17) is 0 Å². The molecule has 0 aliphatic rings. The van der Waals surface area contributed by atoms with Gasteiger partial charge in [-0.25, -0.2) is 0 Å². The van der Waals surface area contributed by atoms with Gasteiger partial charge in [0.1, 0.15) is 5.78 Å².